The molecule has 0 unspecified atom stereocenters. The van der Waals surface area contributed by atoms with Crippen molar-refractivity contribution in [1.82, 2.24) is 4.98 Å². The Morgan fingerprint density at radius 3 is 2.93 bits per heavy atom. The predicted octanol–water partition coefficient (Wildman–Crippen LogP) is 2.13. The van der Waals surface area contributed by atoms with Crippen molar-refractivity contribution in [1.29, 1.82) is 0 Å². The lowest BCUT2D eigenvalue weighted by atomic mass is 10.2. The molecule has 0 aromatic carbocycles. The van der Waals surface area contributed by atoms with Crippen LogP contribution in [-0.4, -0.2) is 16.1 Å². The highest BCUT2D eigenvalue weighted by atomic mass is 16.4. The summed E-state index contributed by atoms with van der Waals surface area (Å²) < 4.78 is 0. The van der Waals surface area contributed by atoms with Gasteiger partial charge in [0.15, 0.2) is 0 Å². The van der Waals surface area contributed by atoms with Gasteiger partial charge in [-0.2, -0.15) is 0 Å². The van der Waals surface area contributed by atoms with Crippen molar-refractivity contribution in [3.05, 3.63) is 35.7 Å². The average Bonchev–Trinajstić information content (AvgIpc) is 2.66. The molecule has 1 N–H and O–H groups in total. The Morgan fingerprint density at radius 2 is 2.36 bits per heavy atom. The van der Waals surface area contributed by atoms with Crippen LogP contribution < -0.4 is 0 Å². The Kier molecular flexibility index (Phi) is 3.85. The van der Waals surface area contributed by atoms with Gasteiger partial charge in [0.2, 0.25) is 0 Å². The molecule has 2 rings (SSSR count). The van der Waals surface area contributed by atoms with Gasteiger partial charge in [-0.3, -0.25) is 9.78 Å². The molecule has 0 radical (unpaired) electrons. The highest BCUT2D eigenvalue weighted by Crippen LogP contribution is 2.14. The first-order valence-corrected chi connectivity index (χ1v) is 4.56. The molecule has 1 heterocycles. The molecule has 0 atom stereocenters. The van der Waals surface area contributed by atoms with Crippen molar-refractivity contribution in [2.45, 2.75) is 19.8 Å². The number of carbonyl (C=O) groups is 1. The monoisotopic (exact) mass is 191 g/mol. The van der Waals surface area contributed by atoms with Crippen molar-refractivity contribution in [2.24, 2.45) is 0 Å². The number of fused-ring (bicyclic) bond motifs is 1. The van der Waals surface area contributed by atoms with Crippen LogP contribution in [-0.2, 0) is 11.2 Å². The van der Waals surface area contributed by atoms with Gasteiger partial charge in [0.05, 0.1) is 5.69 Å². The highest BCUT2D eigenvalue weighted by Gasteiger charge is 2.02. The third-order valence-electron chi connectivity index (χ3n) is 1.84. The van der Waals surface area contributed by atoms with Gasteiger partial charge in [-0.25, -0.2) is 0 Å². The molecule has 74 valence electrons. The summed E-state index contributed by atoms with van der Waals surface area (Å²) in [6.45, 7) is 1.60. The zero-order valence-electron chi connectivity index (χ0n) is 8.10. The van der Waals surface area contributed by atoms with Crippen molar-refractivity contribution in [3.63, 3.8) is 0 Å². The molecule has 3 nitrogen and oxygen atoms in total. The fraction of sp³-hybridized carbons (Fsp3) is 0.273. The Labute approximate surface area is 83.1 Å². The lowest BCUT2D eigenvalue weighted by molar-refractivity contribution is -0.136. The van der Waals surface area contributed by atoms with Crippen LogP contribution in [0.4, 0.5) is 0 Å². The number of aromatic nitrogens is 1. The van der Waals surface area contributed by atoms with E-state index in [0.717, 1.165) is 6.42 Å². The molecule has 0 saturated carbocycles. The second-order valence-electron chi connectivity index (χ2n) is 2.89. The average molecular weight is 191 g/mol. The van der Waals surface area contributed by atoms with E-state index in [0.29, 0.717) is 0 Å². The van der Waals surface area contributed by atoms with Crippen LogP contribution in [0.3, 0.4) is 0 Å². The molecule has 1 aliphatic rings. The van der Waals surface area contributed by atoms with Gasteiger partial charge in [0.1, 0.15) is 0 Å². The quantitative estimate of drug-likeness (QED) is 0.739. The number of hydrogen-bond donors (Lipinski definition) is 1. The minimum Gasteiger partial charge on any atom is -0.481 e. The van der Waals surface area contributed by atoms with Crippen molar-refractivity contribution in [2.75, 3.05) is 0 Å². The highest BCUT2D eigenvalue weighted by molar-refractivity contribution is 5.66. The number of carboxylic acid groups (broad SMARTS) is 1. The number of rotatable bonds is 1. The molecule has 0 aliphatic heterocycles. The summed E-state index contributed by atoms with van der Waals surface area (Å²) in [5.41, 5.74) is 2.48. The lowest BCUT2D eigenvalue weighted by Crippen LogP contribution is -1.86. The zero-order valence-corrected chi connectivity index (χ0v) is 8.10. The van der Waals surface area contributed by atoms with E-state index in [1.807, 2.05) is 12.3 Å². The van der Waals surface area contributed by atoms with E-state index in [4.69, 9.17) is 5.11 Å². The van der Waals surface area contributed by atoms with E-state index in [2.05, 4.69) is 23.2 Å². The van der Waals surface area contributed by atoms with Crippen molar-refractivity contribution >= 4 is 12.0 Å². The van der Waals surface area contributed by atoms with E-state index in [9.17, 15) is 4.79 Å². The molecule has 1 aromatic heterocycles. The molecule has 0 fully saturated rings. The number of carboxylic acids is 1. The molecular formula is C11H13NO2. The van der Waals surface area contributed by atoms with E-state index < -0.39 is 5.97 Å². The van der Waals surface area contributed by atoms with Gasteiger partial charge in [0.25, 0.3) is 0 Å². The van der Waals surface area contributed by atoms with Crippen LogP contribution in [0.25, 0.3) is 6.08 Å². The van der Waals surface area contributed by atoms with Gasteiger partial charge in [0, 0.05) is 19.0 Å². The van der Waals surface area contributed by atoms with Gasteiger partial charge in [-0.05, 0) is 11.6 Å². The second-order valence-corrected chi connectivity index (χ2v) is 2.89. The normalized spacial score (nSPS) is 11.5. The summed E-state index contributed by atoms with van der Waals surface area (Å²) in [5, 5.41) is 7.72. The van der Waals surface area contributed by atoms with E-state index in [1.54, 1.807) is 6.92 Å². The first-order chi connectivity index (χ1) is 6.74. The Bertz CT molecular complexity index is 345. The van der Waals surface area contributed by atoms with Crippen LogP contribution >= 0.6 is 0 Å². The molecule has 3 heteroatoms. The SMILES string of the molecule is C1=Cc2cccnc2C1.CCC(=O)O. The molecule has 1 aromatic rings. The number of hydrogen-bond acceptors (Lipinski definition) is 2. The minimum atomic E-state index is -0.745. The Hall–Kier alpha value is -1.64. The standard InChI is InChI=1S/C8H7N.C3H6O2/c1-3-7-4-2-6-9-8(7)5-1;1-2-3(4)5/h1-4,6H,5H2;2H2,1H3,(H,4,5). The zero-order chi connectivity index (χ0) is 10.4. The maximum absolute atomic E-state index is 9.37. The summed E-state index contributed by atoms with van der Waals surface area (Å²) in [7, 11) is 0. The number of aliphatic carboxylic acids is 1. The summed E-state index contributed by atoms with van der Waals surface area (Å²) >= 11 is 0. The van der Waals surface area contributed by atoms with Gasteiger partial charge in [-0.1, -0.05) is 25.1 Å². The van der Waals surface area contributed by atoms with Crippen LogP contribution in [0.1, 0.15) is 24.6 Å². The number of nitrogens with zero attached hydrogens (tertiary/aromatic N) is 1. The summed E-state index contributed by atoms with van der Waals surface area (Å²) in [4.78, 5) is 13.6. The number of allylic oxidation sites excluding steroid dienone is 1. The predicted molar refractivity (Wildman–Crippen MR) is 54.9 cm³/mol. The minimum absolute atomic E-state index is 0.222. The molecule has 0 bridgehead atoms. The van der Waals surface area contributed by atoms with Crippen molar-refractivity contribution in [3.8, 4) is 0 Å². The largest absolute Gasteiger partial charge is 0.481 e. The van der Waals surface area contributed by atoms with Crippen molar-refractivity contribution < 1.29 is 9.90 Å². The Balaban J connectivity index is 0.000000171. The maximum Gasteiger partial charge on any atom is 0.303 e. The molecular weight excluding hydrogens is 178 g/mol. The van der Waals surface area contributed by atoms with Crippen LogP contribution in [0.5, 0.6) is 0 Å². The molecule has 1 aliphatic carbocycles. The summed E-state index contributed by atoms with van der Waals surface area (Å²) in [6.07, 6.45) is 7.32. The van der Waals surface area contributed by atoms with Gasteiger partial charge in [-0.15, -0.1) is 0 Å². The van der Waals surface area contributed by atoms with Crippen LogP contribution in [0.2, 0.25) is 0 Å². The fourth-order valence-electron chi connectivity index (χ4n) is 1.07. The summed E-state index contributed by atoms with van der Waals surface area (Å²) in [5.74, 6) is -0.745. The lowest BCUT2D eigenvalue weighted by Gasteiger charge is -1.92. The van der Waals surface area contributed by atoms with E-state index >= 15 is 0 Å². The van der Waals surface area contributed by atoms with Gasteiger partial charge < -0.3 is 5.11 Å². The van der Waals surface area contributed by atoms with Crippen LogP contribution in [0, 0.1) is 0 Å². The van der Waals surface area contributed by atoms with Crippen LogP contribution in [0.15, 0.2) is 24.4 Å². The molecule has 14 heavy (non-hydrogen) atoms. The first kappa shape index (κ1) is 10.4. The van der Waals surface area contributed by atoms with E-state index in [1.165, 1.54) is 11.3 Å². The third kappa shape index (κ3) is 3.01. The molecule has 0 saturated heterocycles. The second kappa shape index (κ2) is 5.17. The van der Waals surface area contributed by atoms with Gasteiger partial charge >= 0.3 is 5.97 Å². The smallest absolute Gasteiger partial charge is 0.303 e. The Morgan fingerprint density at radius 1 is 1.64 bits per heavy atom. The molecule has 0 amide bonds. The first-order valence-electron chi connectivity index (χ1n) is 4.56. The number of pyridine rings is 1. The fourth-order valence-corrected chi connectivity index (χ4v) is 1.07. The third-order valence-corrected chi connectivity index (χ3v) is 1.84. The van der Waals surface area contributed by atoms with E-state index in [-0.39, 0.29) is 6.42 Å². The summed E-state index contributed by atoms with van der Waals surface area (Å²) in [6, 6.07) is 4.06. The molecule has 0 spiro atoms. The maximum atomic E-state index is 9.37. The topological polar surface area (TPSA) is 50.2 Å².